The van der Waals surface area contributed by atoms with E-state index < -0.39 is 10.0 Å². The Labute approximate surface area is 108 Å². The second kappa shape index (κ2) is 7.48. The third kappa shape index (κ3) is 6.70. The summed E-state index contributed by atoms with van der Waals surface area (Å²) in [6.07, 6.45) is 0.0189. The molecule has 0 aliphatic carbocycles. The van der Waals surface area contributed by atoms with Crippen LogP contribution < -0.4 is 4.89 Å². The lowest BCUT2D eigenvalue weighted by molar-refractivity contribution is 0.0742. The molecule has 0 unspecified atom stereocenters. The van der Waals surface area contributed by atoms with Gasteiger partial charge in [0.05, 0.1) is 25.1 Å². The van der Waals surface area contributed by atoms with Crippen molar-refractivity contribution in [3.8, 4) is 0 Å². The molecule has 6 heteroatoms. The highest BCUT2D eigenvalue weighted by molar-refractivity contribution is 7.89. The van der Waals surface area contributed by atoms with Crippen LogP contribution >= 0.6 is 0 Å². The number of benzene rings is 1. The van der Waals surface area contributed by atoms with E-state index in [9.17, 15) is 8.42 Å². The number of hydrogen-bond donors (Lipinski definition) is 1. The minimum absolute atomic E-state index is 0.0189. The summed E-state index contributed by atoms with van der Waals surface area (Å²) in [6, 6.07) is 9.33. The number of rotatable bonds is 8. The zero-order valence-electron chi connectivity index (χ0n) is 10.6. The van der Waals surface area contributed by atoms with Crippen LogP contribution in [0.4, 0.5) is 0 Å². The van der Waals surface area contributed by atoms with Gasteiger partial charge in [-0.25, -0.2) is 8.42 Å². The van der Waals surface area contributed by atoms with Gasteiger partial charge in [-0.05, 0) is 19.4 Å². The van der Waals surface area contributed by atoms with Gasteiger partial charge in [-0.15, -0.1) is 0 Å². The standard InChI is InChI=1S/C12H19NO4S/c1-11(2)16-8-9-18(14,15)13-17-10-12-6-4-3-5-7-12/h3-7,11,13H,8-10H2,1-2H3. The SMILES string of the molecule is CC(C)OCCS(=O)(=O)NOCc1ccccc1. The highest BCUT2D eigenvalue weighted by Crippen LogP contribution is 2.00. The molecule has 0 aliphatic rings. The molecule has 0 amide bonds. The Morgan fingerprint density at radius 3 is 2.50 bits per heavy atom. The van der Waals surface area contributed by atoms with E-state index in [0.29, 0.717) is 0 Å². The Balaban J connectivity index is 2.25. The lowest BCUT2D eigenvalue weighted by Gasteiger charge is -2.09. The molecule has 0 radical (unpaired) electrons. The van der Waals surface area contributed by atoms with E-state index in [4.69, 9.17) is 9.57 Å². The summed E-state index contributed by atoms with van der Waals surface area (Å²) in [5, 5.41) is 0. The van der Waals surface area contributed by atoms with Crippen LogP contribution in [-0.2, 0) is 26.2 Å². The Hall–Kier alpha value is -0.950. The fraction of sp³-hybridized carbons (Fsp3) is 0.500. The topological polar surface area (TPSA) is 64.6 Å². The maximum absolute atomic E-state index is 11.5. The first-order chi connectivity index (χ1) is 8.49. The van der Waals surface area contributed by atoms with Crippen molar-refractivity contribution in [2.45, 2.75) is 26.6 Å². The predicted molar refractivity (Wildman–Crippen MR) is 69.2 cm³/mol. The monoisotopic (exact) mass is 273 g/mol. The summed E-state index contributed by atoms with van der Waals surface area (Å²) < 4.78 is 28.1. The Morgan fingerprint density at radius 1 is 1.22 bits per heavy atom. The number of ether oxygens (including phenoxy) is 1. The molecule has 0 heterocycles. The zero-order chi connectivity index (χ0) is 13.4. The molecule has 102 valence electrons. The molecule has 0 bridgehead atoms. The third-order valence-electron chi connectivity index (χ3n) is 2.07. The fourth-order valence-electron chi connectivity index (χ4n) is 1.21. The van der Waals surface area contributed by atoms with Crippen molar-refractivity contribution in [3.63, 3.8) is 0 Å². The second-order valence-electron chi connectivity index (χ2n) is 4.10. The van der Waals surface area contributed by atoms with E-state index in [1.807, 2.05) is 44.2 Å². The molecule has 0 aliphatic heterocycles. The molecule has 0 saturated carbocycles. The normalized spacial score (nSPS) is 11.9. The van der Waals surface area contributed by atoms with Gasteiger partial charge in [-0.1, -0.05) is 35.2 Å². The lowest BCUT2D eigenvalue weighted by Crippen LogP contribution is -2.29. The molecule has 5 nitrogen and oxygen atoms in total. The summed E-state index contributed by atoms with van der Waals surface area (Å²) >= 11 is 0. The predicted octanol–water partition coefficient (Wildman–Crippen LogP) is 1.46. The van der Waals surface area contributed by atoms with Gasteiger partial charge in [0.15, 0.2) is 0 Å². The minimum atomic E-state index is -3.44. The third-order valence-corrected chi connectivity index (χ3v) is 3.15. The van der Waals surface area contributed by atoms with Crippen LogP contribution in [0.15, 0.2) is 30.3 Å². The van der Waals surface area contributed by atoms with Crippen LogP contribution in [0.2, 0.25) is 0 Å². The van der Waals surface area contributed by atoms with Crippen LogP contribution in [0.1, 0.15) is 19.4 Å². The molecule has 0 fully saturated rings. The van der Waals surface area contributed by atoms with Crippen LogP contribution in [0, 0.1) is 0 Å². The van der Waals surface area contributed by atoms with E-state index in [1.165, 1.54) is 0 Å². The van der Waals surface area contributed by atoms with Crippen molar-refractivity contribution >= 4 is 10.0 Å². The van der Waals surface area contributed by atoms with Crippen LogP contribution in [-0.4, -0.2) is 26.9 Å². The van der Waals surface area contributed by atoms with Gasteiger partial charge in [0, 0.05) is 0 Å². The van der Waals surface area contributed by atoms with E-state index >= 15 is 0 Å². The summed E-state index contributed by atoms with van der Waals surface area (Å²) in [5.41, 5.74) is 0.902. The second-order valence-corrected chi connectivity index (χ2v) is 5.90. The maximum atomic E-state index is 11.5. The maximum Gasteiger partial charge on any atom is 0.235 e. The van der Waals surface area contributed by atoms with Gasteiger partial charge < -0.3 is 4.74 Å². The molecule has 1 aromatic rings. The first kappa shape index (κ1) is 15.1. The van der Waals surface area contributed by atoms with Crippen LogP contribution in [0.25, 0.3) is 0 Å². The highest BCUT2D eigenvalue weighted by Gasteiger charge is 2.10. The quantitative estimate of drug-likeness (QED) is 0.728. The van der Waals surface area contributed by atoms with Crippen LogP contribution in [0.5, 0.6) is 0 Å². The largest absolute Gasteiger partial charge is 0.378 e. The van der Waals surface area contributed by atoms with E-state index in [2.05, 4.69) is 4.89 Å². The molecule has 1 rings (SSSR count). The van der Waals surface area contributed by atoms with Crippen molar-refractivity contribution in [3.05, 3.63) is 35.9 Å². The zero-order valence-corrected chi connectivity index (χ0v) is 11.4. The summed E-state index contributed by atoms with van der Waals surface area (Å²) in [6.45, 7) is 4.06. The first-order valence-corrected chi connectivity index (χ1v) is 7.41. The molecule has 0 spiro atoms. The van der Waals surface area contributed by atoms with E-state index in [-0.39, 0.29) is 25.1 Å². The Bertz CT molecular complexity index is 431. The molecule has 1 aromatic carbocycles. The van der Waals surface area contributed by atoms with Crippen molar-refractivity contribution in [2.75, 3.05) is 12.4 Å². The summed E-state index contributed by atoms with van der Waals surface area (Å²) in [7, 11) is -3.44. The average molecular weight is 273 g/mol. The van der Waals surface area contributed by atoms with E-state index in [0.717, 1.165) is 5.56 Å². The van der Waals surface area contributed by atoms with Crippen LogP contribution in [0.3, 0.4) is 0 Å². The molecular formula is C12H19NO4S. The summed E-state index contributed by atoms with van der Waals surface area (Å²) in [4.78, 5) is 7.02. The molecule has 1 N–H and O–H groups in total. The van der Waals surface area contributed by atoms with Gasteiger partial charge in [0.25, 0.3) is 0 Å². The first-order valence-electron chi connectivity index (χ1n) is 5.76. The molecule has 0 saturated heterocycles. The average Bonchev–Trinajstić information content (AvgIpc) is 2.29. The molecule has 0 atom stereocenters. The molecular weight excluding hydrogens is 254 g/mol. The molecule has 0 aromatic heterocycles. The number of nitrogens with one attached hydrogen (secondary N) is 1. The highest BCUT2D eigenvalue weighted by atomic mass is 32.2. The van der Waals surface area contributed by atoms with Gasteiger partial charge >= 0.3 is 0 Å². The molecule has 18 heavy (non-hydrogen) atoms. The van der Waals surface area contributed by atoms with Gasteiger partial charge in [0.2, 0.25) is 10.0 Å². The Morgan fingerprint density at radius 2 is 1.89 bits per heavy atom. The Kier molecular flexibility index (Phi) is 6.28. The van der Waals surface area contributed by atoms with Crippen molar-refractivity contribution in [2.24, 2.45) is 0 Å². The van der Waals surface area contributed by atoms with Gasteiger partial charge in [0.1, 0.15) is 0 Å². The lowest BCUT2D eigenvalue weighted by atomic mass is 10.2. The summed E-state index contributed by atoms with van der Waals surface area (Å²) in [5.74, 6) is -0.111. The van der Waals surface area contributed by atoms with Crippen molar-refractivity contribution in [1.82, 2.24) is 4.89 Å². The smallest absolute Gasteiger partial charge is 0.235 e. The fourth-order valence-corrected chi connectivity index (χ4v) is 1.85. The van der Waals surface area contributed by atoms with Crippen molar-refractivity contribution < 1.29 is 18.0 Å². The number of hydrogen-bond acceptors (Lipinski definition) is 4. The number of sulfonamides is 1. The van der Waals surface area contributed by atoms with E-state index in [1.54, 1.807) is 0 Å². The minimum Gasteiger partial charge on any atom is -0.378 e. The van der Waals surface area contributed by atoms with Crippen molar-refractivity contribution in [1.29, 1.82) is 0 Å². The van der Waals surface area contributed by atoms with Gasteiger partial charge in [-0.3, -0.25) is 4.84 Å². The van der Waals surface area contributed by atoms with Gasteiger partial charge in [-0.2, -0.15) is 0 Å².